The monoisotopic (exact) mass is 396 g/mol. The molecule has 1 aliphatic carbocycles. The van der Waals surface area contributed by atoms with Gasteiger partial charge in [0.15, 0.2) is 0 Å². The normalized spacial score (nSPS) is 16.1. The quantitative estimate of drug-likeness (QED) is 0.750. The van der Waals surface area contributed by atoms with Crippen molar-refractivity contribution >= 4 is 11.8 Å². The number of amides is 2. The van der Waals surface area contributed by atoms with Crippen molar-refractivity contribution in [3.63, 3.8) is 0 Å². The number of carbonyl (C=O) groups is 2. The van der Waals surface area contributed by atoms with Gasteiger partial charge in [0, 0.05) is 6.54 Å². The van der Waals surface area contributed by atoms with Gasteiger partial charge in [0.05, 0.1) is 11.3 Å². The van der Waals surface area contributed by atoms with E-state index in [0.29, 0.717) is 6.42 Å². The molecule has 1 saturated carbocycles. The number of carbonyl (C=O) groups excluding carboxylic acids is 2. The zero-order chi connectivity index (χ0) is 21.2. The van der Waals surface area contributed by atoms with Gasteiger partial charge in [-0.05, 0) is 53.5 Å². The Kier molecular flexibility index (Phi) is 5.78. The predicted molar refractivity (Wildman–Crippen MR) is 112 cm³/mol. The molecule has 3 rings (SSSR count). The van der Waals surface area contributed by atoms with Gasteiger partial charge in [-0.15, -0.1) is 0 Å². The van der Waals surface area contributed by atoms with Crippen LogP contribution in [0.2, 0.25) is 0 Å². The van der Waals surface area contributed by atoms with Crippen LogP contribution in [0.5, 0.6) is 0 Å². The van der Waals surface area contributed by atoms with Crippen molar-refractivity contribution < 1.29 is 14.0 Å². The second kappa shape index (κ2) is 7.97. The molecular formula is C24H29FN2O2. The van der Waals surface area contributed by atoms with Gasteiger partial charge < -0.3 is 11.1 Å². The van der Waals surface area contributed by atoms with E-state index in [1.807, 2.05) is 12.1 Å². The number of hydrogen-bond acceptors (Lipinski definition) is 2. The smallest absolute Gasteiger partial charge is 0.230 e. The Balaban J connectivity index is 1.65. The average molecular weight is 397 g/mol. The highest BCUT2D eigenvalue weighted by molar-refractivity contribution is 5.91. The molecule has 4 nitrogen and oxygen atoms in total. The summed E-state index contributed by atoms with van der Waals surface area (Å²) in [6.45, 7) is 6.65. The SMILES string of the molecule is CC(C)(C)c1ccc(C2(C(=O)NCC(Cc3ccc(F)cc3)C(N)=O)CC2)cc1. The molecule has 0 saturated heterocycles. The van der Waals surface area contributed by atoms with Crippen LogP contribution in [0.25, 0.3) is 0 Å². The first-order chi connectivity index (χ1) is 13.6. The molecule has 0 radical (unpaired) electrons. The summed E-state index contributed by atoms with van der Waals surface area (Å²) < 4.78 is 13.1. The van der Waals surface area contributed by atoms with E-state index in [9.17, 15) is 14.0 Å². The maximum absolute atomic E-state index is 13.1. The molecule has 0 aromatic heterocycles. The van der Waals surface area contributed by atoms with Crippen LogP contribution in [-0.4, -0.2) is 18.4 Å². The van der Waals surface area contributed by atoms with Crippen LogP contribution in [0.3, 0.4) is 0 Å². The van der Waals surface area contributed by atoms with Crippen molar-refractivity contribution in [1.82, 2.24) is 5.32 Å². The van der Waals surface area contributed by atoms with E-state index in [0.717, 1.165) is 24.0 Å². The zero-order valence-corrected chi connectivity index (χ0v) is 17.3. The third-order valence-corrected chi connectivity index (χ3v) is 5.79. The number of nitrogens with two attached hydrogens (primary N) is 1. The number of rotatable bonds is 7. The van der Waals surface area contributed by atoms with Gasteiger partial charge in [-0.1, -0.05) is 57.2 Å². The Morgan fingerprint density at radius 3 is 2.14 bits per heavy atom. The molecule has 1 fully saturated rings. The lowest BCUT2D eigenvalue weighted by Gasteiger charge is -2.22. The molecular weight excluding hydrogens is 367 g/mol. The van der Waals surface area contributed by atoms with Crippen LogP contribution < -0.4 is 11.1 Å². The van der Waals surface area contributed by atoms with Crippen LogP contribution in [0.4, 0.5) is 4.39 Å². The molecule has 5 heteroatoms. The minimum Gasteiger partial charge on any atom is -0.369 e. The van der Waals surface area contributed by atoms with Gasteiger partial charge in [-0.3, -0.25) is 9.59 Å². The minimum absolute atomic E-state index is 0.0621. The molecule has 0 heterocycles. The van der Waals surface area contributed by atoms with E-state index in [4.69, 9.17) is 5.73 Å². The molecule has 2 amide bonds. The van der Waals surface area contributed by atoms with E-state index in [2.05, 4.69) is 38.2 Å². The van der Waals surface area contributed by atoms with E-state index in [1.165, 1.54) is 17.7 Å². The number of halogens is 1. The third kappa shape index (κ3) is 4.84. The van der Waals surface area contributed by atoms with E-state index in [1.54, 1.807) is 12.1 Å². The maximum atomic E-state index is 13.1. The number of benzene rings is 2. The fourth-order valence-corrected chi connectivity index (χ4v) is 3.62. The lowest BCUT2D eigenvalue weighted by molar-refractivity contribution is -0.125. The van der Waals surface area contributed by atoms with Gasteiger partial charge in [0.1, 0.15) is 5.82 Å². The van der Waals surface area contributed by atoms with Crippen LogP contribution in [0, 0.1) is 11.7 Å². The van der Waals surface area contributed by atoms with Crippen molar-refractivity contribution in [1.29, 1.82) is 0 Å². The van der Waals surface area contributed by atoms with Crippen LogP contribution in [-0.2, 0) is 26.8 Å². The van der Waals surface area contributed by atoms with Gasteiger partial charge in [-0.2, -0.15) is 0 Å². The fraction of sp³-hybridized carbons (Fsp3) is 0.417. The molecule has 1 unspecified atom stereocenters. The van der Waals surface area contributed by atoms with Crippen molar-refractivity contribution in [2.24, 2.45) is 11.7 Å². The van der Waals surface area contributed by atoms with Gasteiger partial charge >= 0.3 is 0 Å². The van der Waals surface area contributed by atoms with E-state index < -0.39 is 17.2 Å². The second-order valence-corrected chi connectivity index (χ2v) is 9.05. The highest BCUT2D eigenvalue weighted by atomic mass is 19.1. The van der Waals surface area contributed by atoms with Crippen molar-refractivity contribution in [3.05, 3.63) is 71.0 Å². The van der Waals surface area contributed by atoms with Gasteiger partial charge in [-0.25, -0.2) is 4.39 Å². The lowest BCUT2D eigenvalue weighted by Crippen LogP contribution is -2.41. The molecule has 1 atom stereocenters. The molecule has 3 N–H and O–H groups in total. The molecule has 1 aliphatic rings. The van der Waals surface area contributed by atoms with Gasteiger partial charge in [0.25, 0.3) is 0 Å². The zero-order valence-electron chi connectivity index (χ0n) is 17.3. The molecule has 0 aliphatic heterocycles. The molecule has 2 aromatic carbocycles. The largest absolute Gasteiger partial charge is 0.369 e. The summed E-state index contributed by atoms with van der Waals surface area (Å²) >= 11 is 0. The number of nitrogens with one attached hydrogen (secondary N) is 1. The molecule has 2 aromatic rings. The van der Waals surface area contributed by atoms with Crippen molar-refractivity contribution in [2.45, 2.75) is 50.9 Å². The Labute approximate surface area is 171 Å². The third-order valence-electron chi connectivity index (χ3n) is 5.79. The van der Waals surface area contributed by atoms with Crippen molar-refractivity contribution in [2.75, 3.05) is 6.54 Å². The van der Waals surface area contributed by atoms with Crippen LogP contribution in [0.15, 0.2) is 48.5 Å². The summed E-state index contributed by atoms with van der Waals surface area (Å²) in [5.41, 5.74) is 8.13. The Hall–Kier alpha value is -2.69. The summed E-state index contributed by atoms with van der Waals surface area (Å²) in [4.78, 5) is 24.8. The number of primary amides is 1. The van der Waals surface area contributed by atoms with Gasteiger partial charge in [0.2, 0.25) is 11.8 Å². The van der Waals surface area contributed by atoms with Crippen LogP contribution >= 0.6 is 0 Å². The number of hydrogen-bond donors (Lipinski definition) is 2. The average Bonchev–Trinajstić information content (AvgIpc) is 3.47. The predicted octanol–water partition coefficient (Wildman–Crippen LogP) is 3.62. The molecule has 0 spiro atoms. The van der Waals surface area contributed by atoms with E-state index in [-0.39, 0.29) is 23.7 Å². The molecule has 29 heavy (non-hydrogen) atoms. The summed E-state index contributed by atoms with van der Waals surface area (Å²) in [5.74, 6) is -1.41. The maximum Gasteiger partial charge on any atom is 0.230 e. The topological polar surface area (TPSA) is 72.2 Å². The molecule has 154 valence electrons. The first kappa shape index (κ1) is 21.0. The first-order valence-corrected chi connectivity index (χ1v) is 10.0. The fourth-order valence-electron chi connectivity index (χ4n) is 3.62. The minimum atomic E-state index is -0.538. The summed E-state index contributed by atoms with van der Waals surface area (Å²) in [5, 5.41) is 2.93. The lowest BCUT2D eigenvalue weighted by atomic mass is 9.85. The van der Waals surface area contributed by atoms with Crippen molar-refractivity contribution in [3.8, 4) is 0 Å². The molecule has 0 bridgehead atoms. The summed E-state index contributed by atoms with van der Waals surface area (Å²) in [7, 11) is 0. The summed E-state index contributed by atoms with van der Waals surface area (Å²) in [6, 6.07) is 14.2. The second-order valence-electron chi connectivity index (χ2n) is 9.05. The Morgan fingerprint density at radius 2 is 1.66 bits per heavy atom. The first-order valence-electron chi connectivity index (χ1n) is 10.0. The highest BCUT2D eigenvalue weighted by Crippen LogP contribution is 2.48. The Bertz CT molecular complexity index is 879. The Morgan fingerprint density at radius 1 is 1.07 bits per heavy atom. The standard InChI is InChI=1S/C24H29FN2O2/c1-23(2,3)18-6-8-19(9-7-18)24(12-13-24)22(29)27-15-17(21(26)28)14-16-4-10-20(25)11-5-16/h4-11,17H,12-15H2,1-3H3,(H2,26,28)(H,27,29). The highest BCUT2D eigenvalue weighted by Gasteiger charge is 2.51. The van der Waals surface area contributed by atoms with Crippen LogP contribution in [0.1, 0.15) is 50.3 Å². The summed E-state index contributed by atoms with van der Waals surface area (Å²) in [6.07, 6.45) is 1.96. The van der Waals surface area contributed by atoms with E-state index >= 15 is 0 Å².